The first kappa shape index (κ1) is 14.3. The minimum Gasteiger partial charge on any atom is -0.486 e. The number of hydrogen-bond donors (Lipinski definition) is 1. The van der Waals surface area contributed by atoms with Crippen LogP contribution in [0.15, 0.2) is 24.3 Å². The molecule has 0 aromatic heterocycles. The smallest absolute Gasteiger partial charge is 0.165 e. The quantitative estimate of drug-likeness (QED) is 0.888. The normalized spacial score (nSPS) is 22.2. The summed E-state index contributed by atoms with van der Waals surface area (Å²) in [6, 6.07) is 6.49. The largest absolute Gasteiger partial charge is 0.486 e. The molecule has 1 fully saturated rings. The molecule has 1 aromatic carbocycles. The molecule has 0 radical (unpaired) electrons. The molecule has 1 saturated heterocycles. The van der Waals surface area contributed by atoms with Gasteiger partial charge < -0.3 is 9.84 Å². The van der Waals surface area contributed by atoms with Gasteiger partial charge in [0.05, 0.1) is 0 Å². The maximum Gasteiger partial charge on any atom is 0.165 e. The third-order valence-corrected chi connectivity index (χ3v) is 3.54. The lowest BCUT2D eigenvalue weighted by Gasteiger charge is -2.33. The van der Waals surface area contributed by atoms with Crippen LogP contribution in [-0.2, 0) is 0 Å². The van der Waals surface area contributed by atoms with Crippen molar-refractivity contribution < 1.29 is 14.2 Å². The van der Waals surface area contributed by atoms with Crippen molar-refractivity contribution in [2.45, 2.75) is 25.9 Å². The summed E-state index contributed by atoms with van der Waals surface area (Å²) in [6.45, 7) is 4.90. The lowest BCUT2D eigenvalue weighted by atomic mass is 9.99. The van der Waals surface area contributed by atoms with Crippen LogP contribution in [0.2, 0.25) is 0 Å². The van der Waals surface area contributed by atoms with Crippen molar-refractivity contribution in [1.29, 1.82) is 0 Å². The minimum absolute atomic E-state index is 0.0608. The minimum atomic E-state index is -0.318. The van der Waals surface area contributed by atoms with Crippen LogP contribution < -0.4 is 4.74 Å². The van der Waals surface area contributed by atoms with Crippen molar-refractivity contribution in [3.05, 3.63) is 30.1 Å². The number of rotatable bonds is 5. The van der Waals surface area contributed by atoms with Crippen LogP contribution in [-0.4, -0.2) is 42.4 Å². The third kappa shape index (κ3) is 4.18. The van der Waals surface area contributed by atoms with Gasteiger partial charge in [-0.05, 0) is 44.4 Å². The standard InChI is InChI=1S/C15H22FNO2/c1-12(19-15-7-3-2-6-14(15)16)9-17-8-4-5-13(10-17)11-18/h2-3,6-7,12-13,18H,4-5,8-11H2,1H3. The van der Waals surface area contributed by atoms with E-state index >= 15 is 0 Å². The van der Waals surface area contributed by atoms with E-state index in [1.54, 1.807) is 18.2 Å². The van der Waals surface area contributed by atoms with Crippen molar-refractivity contribution in [2.75, 3.05) is 26.2 Å². The maximum atomic E-state index is 13.5. The SMILES string of the molecule is CC(CN1CCCC(CO)C1)Oc1ccccc1F. The number of nitrogens with zero attached hydrogens (tertiary/aromatic N) is 1. The van der Waals surface area contributed by atoms with Gasteiger partial charge in [-0.2, -0.15) is 0 Å². The molecule has 0 aliphatic carbocycles. The number of benzene rings is 1. The topological polar surface area (TPSA) is 32.7 Å². The molecule has 3 nitrogen and oxygen atoms in total. The molecule has 106 valence electrons. The highest BCUT2D eigenvalue weighted by Crippen LogP contribution is 2.19. The van der Waals surface area contributed by atoms with Crippen LogP contribution in [0.3, 0.4) is 0 Å². The number of ether oxygens (including phenoxy) is 1. The second-order valence-corrected chi connectivity index (χ2v) is 5.31. The van der Waals surface area contributed by atoms with Gasteiger partial charge in [0.1, 0.15) is 6.10 Å². The summed E-state index contributed by atoms with van der Waals surface area (Å²) in [5, 5.41) is 9.21. The average molecular weight is 267 g/mol. The zero-order valence-corrected chi connectivity index (χ0v) is 11.4. The lowest BCUT2D eigenvalue weighted by Crippen LogP contribution is -2.41. The van der Waals surface area contributed by atoms with E-state index in [-0.39, 0.29) is 18.5 Å². The van der Waals surface area contributed by atoms with E-state index in [0.29, 0.717) is 11.7 Å². The molecule has 2 rings (SSSR count). The fourth-order valence-corrected chi connectivity index (χ4v) is 2.62. The van der Waals surface area contributed by atoms with Crippen molar-refractivity contribution >= 4 is 0 Å². The van der Waals surface area contributed by atoms with E-state index in [1.807, 2.05) is 6.92 Å². The molecule has 1 aliphatic rings. The molecule has 0 amide bonds. The van der Waals surface area contributed by atoms with Crippen molar-refractivity contribution in [1.82, 2.24) is 4.90 Å². The molecule has 1 aliphatic heterocycles. The Hall–Kier alpha value is -1.13. The van der Waals surface area contributed by atoms with Gasteiger partial charge in [0.2, 0.25) is 0 Å². The second kappa shape index (κ2) is 6.87. The average Bonchev–Trinajstić information content (AvgIpc) is 2.41. The van der Waals surface area contributed by atoms with Crippen LogP contribution in [0.5, 0.6) is 5.75 Å². The summed E-state index contributed by atoms with van der Waals surface area (Å²) in [6.07, 6.45) is 2.14. The lowest BCUT2D eigenvalue weighted by molar-refractivity contribution is 0.0828. The van der Waals surface area contributed by atoms with Gasteiger partial charge in [0.15, 0.2) is 11.6 Å². The van der Waals surface area contributed by atoms with E-state index in [0.717, 1.165) is 32.5 Å². The van der Waals surface area contributed by atoms with Gasteiger partial charge in [-0.3, -0.25) is 4.90 Å². The van der Waals surface area contributed by atoms with Gasteiger partial charge in [-0.1, -0.05) is 12.1 Å². The Morgan fingerprint density at radius 3 is 3.00 bits per heavy atom. The molecule has 2 atom stereocenters. The van der Waals surface area contributed by atoms with Crippen LogP contribution >= 0.6 is 0 Å². The molecule has 1 heterocycles. The monoisotopic (exact) mass is 267 g/mol. The molecule has 2 unspecified atom stereocenters. The summed E-state index contributed by atoms with van der Waals surface area (Å²) in [7, 11) is 0. The predicted octanol–water partition coefficient (Wildman–Crippen LogP) is 2.30. The summed E-state index contributed by atoms with van der Waals surface area (Å²) < 4.78 is 19.1. The number of para-hydroxylation sites is 1. The predicted molar refractivity (Wildman–Crippen MR) is 72.7 cm³/mol. The number of piperidine rings is 1. The highest BCUT2D eigenvalue weighted by Gasteiger charge is 2.21. The van der Waals surface area contributed by atoms with Crippen molar-refractivity contribution in [3.63, 3.8) is 0 Å². The fourth-order valence-electron chi connectivity index (χ4n) is 2.62. The summed E-state index contributed by atoms with van der Waals surface area (Å²) in [4.78, 5) is 2.29. The summed E-state index contributed by atoms with van der Waals surface area (Å²) in [5.74, 6) is 0.362. The molecule has 1 N–H and O–H groups in total. The first-order valence-corrected chi connectivity index (χ1v) is 6.93. The van der Waals surface area contributed by atoms with Gasteiger partial charge in [-0.15, -0.1) is 0 Å². The van der Waals surface area contributed by atoms with E-state index in [2.05, 4.69) is 4.90 Å². The first-order chi connectivity index (χ1) is 9.19. The highest BCUT2D eigenvalue weighted by atomic mass is 19.1. The molecular weight excluding hydrogens is 245 g/mol. The summed E-state index contributed by atoms with van der Waals surface area (Å²) in [5.41, 5.74) is 0. The van der Waals surface area contributed by atoms with Crippen molar-refractivity contribution in [3.8, 4) is 5.75 Å². The molecule has 4 heteroatoms. The van der Waals surface area contributed by atoms with E-state index in [1.165, 1.54) is 6.07 Å². The summed E-state index contributed by atoms with van der Waals surface area (Å²) >= 11 is 0. The first-order valence-electron chi connectivity index (χ1n) is 6.93. The Balaban J connectivity index is 1.84. The van der Waals surface area contributed by atoms with Crippen LogP contribution in [0.25, 0.3) is 0 Å². The second-order valence-electron chi connectivity index (χ2n) is 5.31. The zero-order valence-electron chi connectivity index (χ0n) is 11.4. The van der Waals surface area contributed by atoms with Crippen LogP contribution in [0.1, 0.15) is 19.8 Å². The molecule has 0 bridgehead atoms. The Bertz CT molecular complexity index is 399. The van der Waals surface area contributed by atoms with E-state index < -0.39 is 0 Å². The fraction of sp³-hybridized carbons (Fsp3) is 0.600. The Morgan fingerprint density at radius 2 is 2.26 bits per heavy atom. The third-order valence-electron chi connectivity index (χ3n) is 3.54. The Morgan fingerprint density at radius 1 is 1.47 bits per heavy atom. The van der Waals surface area contributed by atoms with E-state index in [4.69, 9.17) is 4.74 Å². The number of likely N-dealkylation sites (tertiary alicyclic amines) is 1. The molecule has 0 saturated carbocycles. The van der Waals surface area contributed by atoms with Gasteiger partial charge in [0.25, 0.3) is 0 Å². The zero-order chi connectivity index (χ0) is 13.7. The molecule has 0 spiro atoms. The number of halogens is 1. The maximum absolute atomic E-state index is 13.5. The van der Waals surface area contributed by atoms with Crippen LogP contribution in [0, 0.1) is 11.7 Å². The van der Waals surface area contributed by atoms with Gasteiger partial charge in [-0.25, -0.2) is 4.39 Å². The highest BCUT2D eigenvalue weighted by molar-refractivity contribution is 5.23. The number of hydrogen-bond acceptors (Lipinski definition) is 3. The molecule has 1 aromatic rings. The number of aliphatic hydroxyl groups is 1. The molecular formula is C15H22FNO2. The molecule has 19 heavy (non-hydrogen) atoms. The van der Waals surface area contributed by atoms with Gasteiger partial charge in [0, 0.05) is 19.7 Å². The Labute approximate surface area is 114 Å². The van der Waals surface area contributed by atoms with E-state index in [9.17, 15) is 9.50 Å². The van der Waals surface area contributed by atoms with Crippen LogP contribution in [0.4, 0.5) is 4.39 Å². The van der Waals surface area contributed by atoms with Crippen molar-refractivity contribution in [2.24, 2.45) is 5.92 Å². The Kier molecular flexibility index (Phi) is 5.16. The van der Waals surface area contributed by atoms with Gasteiger partial charge >= 0.3 is 0 Å². The number of aliphatic hydroxyl groups excluding tert-OH is 1.